The number of nitrogens with zero attached hydrogens (tertiary/aromatic N) is 2. The summed E-state index contributed by atoms with van der Waals surface area (Å²) in [7, 11) is 0. The molecule has 1 saturated heterocycles. The number of hydrogen-bond donors (Lipinski definition) is 2. The van der Waals surface area contributed by atoms with Crippen LogP contribution < -0.4 is 10.6 Å². The summed E-state index contributed by atoms with van der Waals surface area (Å²) in [6, 6.07) is 5.02. The second-order valence-electron chi connectivity index (χ2n) is 7.36. The SMILES string of the molecule is CC(C)(C(=O)NCc1cc(Cl)c([C@H]2CCC(=O)NC2=O)c(Cl)c1)c1ncccn1. The van der Waals surface area contributed by atoms with Crippen molar-refractivity contribution in [2.75, 3.05) is 0 Å². The molecule has 7 nitrogen and oxygen atoms in total. The van der Waals surface area contributed by atoms with Gasteiger partial charge in [-0.3, -0.25) is 19.7 Å². The maximum atomic E-state index is 12.7. The predicted molar refractivity (Wildman–Crippen MR) is 108 cm³/mol. The molecule has 1 atom stereocenters. The number of aromatic nitrogens is 2. The number of hydrogen-bond acceptors (Lipinski definition) is 5. The normalized spacial score (nSPS) is 17.0. The van der Waals surface area contributed by atoms with E-state index in [2.05, 4.69) is 20.6 Å². The zero-order valence-electron chi connectivity index (χ0n) is 16.0. The number of amides is 3. The van der Waals surface area contributed by atoms with E-state index in [0.29, 0.717) is 33.4 Å². The fourth-order valence-electron chi connectivity index (χ4n) is 3.17. The molecule has 1 fully saturated rings. The van der Waals surface area contributed by atoms with E-state index in [4.69, 9.17) is 23.2 Å². The molecule has 0 bridgehead atoms. The molecular weight excluding hydrogens is 415 g/mol. The largest absolute Gasteiger partial charge is 0.351 e. The summed E-state index contributed by atoms with van der Waals surface area (Å²) in [5, 5.41) is 5.79. The van der Waals surface area contributed by atoms with Crippen LogP contribution in [0.5, 0.6) is 0 Å². The maximum Gasteiger partial charge on any atom is 0.234 e. The van der Waals surface area contributed by atoms with Crippen LogP contribution in [0.4, 0.5) is 0 Å². The van der Waals surface area contributed by atoms with Crippen molar-refractivity contribution in [1.82, 2.24) is 20.6 Å². The number of carbonyl (C=O) groups is 3. The van der Waals surface area contributed by atoms with E-state index in [0.717, 1.165) is 0 Å². The van der Waals surface area contributed by atoms with Gasteiger partial charge in [-0.1, -0.05) is 23.2 Å². The smallest absolute Gasteiger partial charge is 0.234 e. The quantitative estimate of drug-likeness (QED) is 0.704. The Morgan fingerprint density at radius 2 is 1.83 bits per heavy atom. The van der Waals surface area contributed by atoms with Crippen molar-refractivity contribution in [3.8, 4) is 0 Å². The van der Waals surface area contributed by atoms with Crippen LogP contribution in [-0.4, -0.2) is 27.7 Å². The van der Waals surface area contributed by atoms with Gasteiger partial charge in [-0.2, -0.15) is 0 Å². The van der Waals surface area contributed by atoms with E-state index in [-0.39, 0.29) is 24.8 Å². The number of halogens is 2. The number of imide groups is 1. The average Bonchev–Trinajstić information content (AvgIpc) is 2.67. The van der Waals surface area contributed by atoms with E-state index < -0.39 is 17.2 Å². The van der Waals surface area contributed by atoms with Crippen molar-refractivity contribution < 1.29 is 14.4 Å². The second-order valence-corrected chi connectivity index (χ2v) is 8.17. The highest BCUT2D eigenvalue weighted by molar-refractivity contribution is 6.36. The number of carbonyl (C=O) groups excluding carboxylic acids is 3. The number of nitrogens with one attached hydrogen (secondary N) is 2. The van der Waals surface area contributed by atoms with Crippen LogP contribution in [0.3, 0.4) is 0 Å². The Balaban J connectivity index is 1.73. The van der Waals surface area contributed by atoms with Crippen LogP contribution in [0.25, 0.3) is 0 Å². The van der Waals surface area contributed by atoms with Crippen molar-refractivity contribution in [2.45, 2.75) is 44.6 Å². The summed E-state index contributed by atoms with van der Waals surface area (Å²) >= 11 is 12.8. The minimum Gasteiger partial charge on any atom is -0.351 e. The van der Waals surface area contributed by atoms with Crippen LogP contribution in [0.2, 0.25) is 10.0 Å². The fraction of sp³-hybridized carbons (Fsp3) is 0.350. The van der Waals surface area contributed by atoms with Crippen LogP contribution in [-0.2, 0) is 26.3 Å². The van der Waals surface area contributed by atoms with E-state index in [1.807, 2.05) is 0 Å². The molecule has 9 heteroatoms. The minimum atomic E-state index is -0.915. The molecule has 1 aromatic heterocycles. The van der Waals surface area contributed by atoms with Crippen molar-refractivity contribution in [3.63, 3.8) is 0 Å². The Morgan fingerprint density at radius 3 is 2.41 bits per heavy atom. The van der Waals surface area contributed by atoms with Gasteiger partial charge in [-0.05, 0) is 44.0 Å². The Labute approximate surface area is 178 Å². The Bertz CT molecular complexity index is 940. The molecule has 3 amide bonds. The van der Waals surface area contributed by atoms with Crippen LogP contribution >= 0.6 is 23.2 Å². The van der Waals surface area contributed by atoms with Crippen LogP contribution in [0.15, 0.2) is 30.6 Å². The first kappa shape index (κ1) is 21.2. The van der Waals surface area contributed by atoms with E-state index in [1.165, 1.54) is 0 Å². The van der Waals surface area contributed by atoms with Crippen LogP contribution in [0, 0.1) is 0 Å². The Kier molecular flexibility index (Phi) is 6.19. The topological polar surface area (TPSA) is 101 Å². The number of piperidine rings is 1. The van der Waals surface area contributed by atoms with Crippen LogP contribution in [0.1, 0.15) is 49.6 Å². The summed E-state index contributed by atoms with van der Waals surface area (Å²) in [6.07, 6.45) is 3.76. The summed E-state index contributed by atoms with van der Waals surface area (Å²) in [6.45, 7) is 3.68. The molecule has 3 rings (SSSR count). The molecule has 0 saturated carbocycles. The van der Waals surface area contributed by atoms with Crippen molar-refractivity contribution >= 4 is 40.9 Å². The van der Waals surface area contributed by atoms with Gasteiger partial charge in [0.25, 0.3) is 0 Å². The molecule has 1 aromatic carbocycles. The molecule has 2 heterocycles. The number of rotatable bonds is 5. The van der Waals surface area contributed by atoms with Gasteiger partial charge in [0.2, 0.25) is 17.7 Å². The Hall–Kier alpha value is -2.51. The van der Waals surface area contributed by atoms with Gasteiger partial charge in [0, 0.05) is 41.0 Å². The predicted octanol–water partition coefficient (Wildman–Crippen LogP) is 2.90. The molecule has 1 aliphatic heterocycles. The molecule has 0 unspecified atom stereocenters. The van der Waals surface area contributed by atoms with Crippen molar-refractivity contribution in [2.24, 2.45) is 0 Å². The highest BCUT2D eigenvalue weighted by Crippen LogP contribution is 2.36. The first-order valence-electron chi connectivity index (χ1n) is 9.07. The maximum absolute atomic E-state index is 12.7. The molecule has 0 aliphatic carbocycles. The van der Waals surface area contributed by atoms with Crippen molar-refractivity contribution in [3.05, 3.63) is 57.6 Å². The minimum absolute atomic E-state index is 0.199. The van der Waals surface area contributed by atoms with E-state index in [9.17, 15) is 14.4 Å². The van der Waals surface area contributed by atoms with Gasteiger partial charge in [-0.25, -0.2) is 9.97 Å². The third kappa shape index (κ3) is 4.57. The monoisotopic (exact) mass is 434 g/mol. The van der Waals surface area contributed by atoms with Gasteiger partial charge < -0.3 is 5.32 Å². The summed E-state index contributed by atoms with van der Waals surface area (Å²) in [4.78, 5) is 44.5. The average molecular weight is 435 g/mol. The molecule has 0 radical (unpaired) electrons. The highest BCUT2D eigenvalue weighted by atomic mass is 35.5. The van der Waals surface area contributed by atoms with E-state index >= 15 is 0 Å². The third-order valence-electron chi connectivity index (χ3n) is 4.87. The molecular formula is C20H20Cl2N4O3. The summed E-state index contributed by atoms with van der Waals surface area (Å²) < 4.78 is 0. The lowest BCUT2D eigenvalue weighted by atomic mass is 9.89. The molecule has 0 spiro atoms. The zero-order chi connectivity index (χ0) is 21.2. The fourth-order valence-corrected chi connectivity index (χ4v) is 3.96. The first-order valence-corrected chi connectivity index (χ1v) is 9.83. The Morgan fingerprint density at radius 1 is 1.21 bits per heavy atom. The van der Waals surface area contributed by atoms with Gasteiger partial charge in [0.05, 0.1) is 5.92 Å². The molecule has 152 valence electrons. The molecule has 29 heavy (non-hydrogen) atoms. The molecule has 2 aromatic rings. The second kappa shape index (κ2) is 8.47. The molecule has 1 aliphatic rings. The van der Waals surface area contributed by atoms with Gasteiger partial charge in [0.1, 0.15) is 11.2 Å². The number of benzene rings is 1. The van der Waals surface area contributed by atoms with Gasteiger partial charge >= 0.3 is 0 Å². The van der Waals surface area contributed by atoms with Gasteiger partial charge in [-0.15, -0.1) is 0 Å². The summed E-state index contributed by atoms with van der Waals surface area (Å²) in [5.41, 5.74) is 0.266. The standard InChI is InChI=1S/C20H20Cl2N4O3/c1-20(2,18-23-6-3-7-24-18)19(29)25-10-11-8-13(21)16(14(22)9-11)12-4-5-15(27)26-17(12)28/h3,6-9,12H,4-5,10H2,1-2H3,(H,25,29)(H,26,27,28)/t12-/m1/s1. The zero-order valence-corrected chi connectivity index (χ0v) is 17.5. The molecule has 2 N–H and O–H groups in total. The first-order chi connectivity index (χ1) is 13.7. The lowest BCUT2D eigenvalue weighted by Crippen LogP contribution is -2.41. The van der Waals surface area contributed by atoms with Crippen molar-refractivity contribution in [1.29, 1.82) is 0 Å². The summed E-state index contributed by atoms with van der Waals surface area (Å²) in [5.74, 6) is -1.11. The van der Waals surface area contributed by atoms with E-state index in [1.54, 1.807) is 44.4 Å². The lowest BCUT2D eigenvalue weighted by molar-refractivity contribution is -0.134. The van der Waals surface area contributed by atoms with Gasteiger partial charge in [0.15, 0.2) is 0 Å². The third-order valence-corrected chi connectivity index (χ3v) is 5.50. The highest BCUT2D eigenvalue weighted by Gasteiger charge is 2.33. The lowest BCUT2D eigenvalue weighted by Gasteiger charge is -2.24.